The molecule has 0 saturated heterocycles. The molecule has 1 aromatic carbocycles. The minimum atomic E-state index is -0.326. The van der Waals surface area contributed by atoms with Gasteiger partial charge in [0, 0.05) is 10.9 Å². The first-order valence-electron chi connectivity index (χ1n) is 3.94. The molecule has 1 rings (SSSR count). The molecule has 70 valence electrons. The van der Waals surface area contributed by atoms with Crippen LogP contribution in [-0.4, -0.2) is 5.78 Å². The summed E-state index contributed by atoms with van der Waals surface area (Å²) < 4.78 is 13.9. The molecule has 0 aliphatic rings. The van der Waals surface area contributed by atoms with Gasteiger partial charge in [-0.05, 0) is 31.0 Å². The maximum absolute atomic E-state index is 13.2. The Balaban J connectivity index is 3.08. The Kier molecular flexibility index (Phi) is 3.20. The Labute approximate surface area is 85.1 Å². The second-order valence-electron chi connectivity index (χ2n) is 3.07. The lowest BCUT2D eigenvalue weighted by Gasteiger charge is -2.04. The highest BCUT2D eigenvalue weighted by Crippen LogP contribution is 2.20. The Bertz CT molecular complexity index is 347. The van der Waals surface area contributed by atoms with Gasteiger partial charge in [0.05, 0.1) is 0 Å². The first-order valence-corrected chi connectivity index (χ1v) is 4.74. The van der Waals surface area contributed by atoms with E-state index in [9.17, 15) is 9.18 Å². The number of Topliss-reactive ketones (excluding diaryl/α,β-unsaturated/α-hetero) is 1. The maximum Gasteiger partial charge on any atom is 0.134 e. The lowest BCUT2D eigenvalue weighted by molar-refractivity contribution is -0.116. The van der Waals surface area contributed by atoms with Crippen molar-refractivity contribution in [2.45, 2.75) is 20.3 Å². The molecule has 0 atom stereocenters. The quantitative estimate of drug-likeness (QED) is 0.782. The minimum Gasteiger partial charge on any atom is -0.300 e. The summed E-state index contributed by atoms with van der Waals surface area (Å²) in [5.74, 6) is -0.353. The van der Waals surface area contributed by atoms with Crippen LogP contribution >= 0.6 is 15.9 Å². The smallest absolute Gasteiger partial charge is 0.134 e. The van der Waals surface area contributed by atoms with Crippen LogP contribution < -0.4 is 0 Å². The van der Waals surface area contributed by atoms with Gasteiger partial charge < -0.3 is 0 Å². The van der Waals surface area contributed by atoms with Gasteiger partial charge in [-0.15, -0.1) is 0 Å². The van der Waals surface area contributed by atoms with Crippen molar-refractivity contribution in [3.63, 3.8) is 0 Å². The summed E-state index contributed by atoms with van der Waals surface area (Å²) in [4.78, 5) is 10.8. The third kappa shape index (κ3) is 2.62. The highest BCUT2D eigenvalue weighted by molar-refractivity contribution is 9.10. The normalized spacial score (nSPS) is 10.2. The van der Waals surface area contributed by atoms with Crippen molar-refractivity contribution >= 4 is 21.7 Å². The first kappa shape index (κ1) is 10.4. The number of carbonyl (C=O) groups excluding carboxylic acids is 1. The Morgan fingerprint density at radius 2 is 2.15 bits per heavy atom. The Morgan fingerprint density at radius 3 is 2.69 bits per heavy atom. The molecule has 0 fully saturated rings. The van der Waals surface area contributed by atoms with E-state index in [4.69, 9.17) is 0 Å². The van der Waals surface area contributed by atoms with Crippen LogP contribution in [0.1, 0.15) is 18.1 Å². The van der Waals surface area contributed by atoms with Gasteiger partial charge >= 0.3 is 0 Å². The van der Waals surface area contributed by atoms with Gasteiger partial charge in [-0.2, -0.15) is 0 Å². The average Bonchev–Trinajstić information content (AvgIpc) is 1.99. The fraction of sp³-hybridized carbons (Fsp3) is 0.300. The van der Waals surface area contributed by atoms with Crippen LogP contribution in [0.15, 0.2) is 16.6 Å². The van der Waals surface area contributed by atoms with Crippen molar-refractivity contribution < 1.29 is 9.18 Å². The highest BCUT2D eigenvalue weighted by Gasteiger charge is 2.07. The SMILES string of the molecule is CC(=O)Cc1cc(C)c(Br)cc1F. The summed E-state index contributed by atoms with van der Waals surface area (Å²) in [7, 11) is 0. The number of rotatable bonds is 2. The van der Waals surface area contributed by atoms with Crippen LogP contribution in [0.25, 0.3) is 0 Å². The van der Waals surface area contributed by atoms with E-state index in [1.165, 1.54) is 13.0 Å². The van der Waals surface area contributed by atoms with Gasteiger partial charge in [0.25, 0.3) is 0 Å². The zero-order valence-corrected chi connectivity index (χ0v) is 9.11. The Morgan fingerprint density at radius 1 is 1.54 bits per heavy atom. The number of ketones is 1. The molecular weight excluding hydrogens is 235 g/mol. The molecule has 3 heteroatoms. The Hall–Kier alpha value is -0.700. The summed E-state index contributed by atoms with van der Waals surface area (Å²) in [6.45, 7) is 3.32. The molecule has 0 aliphatic heterocycles. The predicted molar refractivity (Wildman–Crippen MR) is 53.2 cm³/mol. The first-order chi connectivity index (χ1) is 6.00. The van der Waals surface area contributed by atoms with E-state index < -0.39 is 0 Å². The molecule has 13 heavy (non-hydrogen) atoms. The highest BCUT2D eigenvalue weighted by atomic mass is 79.9. The van der Waals surface area contributed by atoms with Crippen LogP contribution in [0, 0.1) is 12.7 Å². The monoisotopic (exact) mass is 244 g/mol. The van der Waals surface area contributed by atoms with Gasteiger partial charge in [-0.1, -0.05) is 22.0 Å². The van der Waals surface area contributed by atoms with Crippen LogP contribution in [0.5, 0.6) is 0 Å². The number of benzene rings is 1. The van der Waals surface area contributed by atoms with Gasteiger partial charge in [-0.25, -0.2) is 4.39 Å². The third-order valence-corrected chi connectivity index (χ3v) is 2.62. The lowest BCUT2D eigenvalue weighted by Crippen LogP contribution is -2.00. The van der Waals surface area contributed by atoms with Crippen molar-refractivity contribution in [3.05, 3.63) is 33.5 Å². The van der Waals surface area contributed by atoms with E-state index in [1.54, 1.807) is 6.07 Å². The summed E-state index contributed by atoms with van der Waals surface area (Å²) in [5, 5.41) is 0. The fourth-order valence-corrected chi connectivity index (χ4v) is 1.44. The third-order valence-electron chi connectivity index (χ3n) is 1.77. The predicted octanol–water partition coefficient (Wildman–Crippen LogP) is 3.03. The van der Waals surface area contributed by atoms with E-state index in [-0.39, 0.29) is 18.0 Å². The molecule has 0 bridgehead atoms. The van der Waals surface area contributed by atoms with E-state index in [0.29, 0.717) is 5.56 Å². The summed E-state index contributed by atoms with van der Waals surface area (Å²) >= 11 is 3.22. The van der Waals surface area contributed by atoms with E-state index >= 15 is 0 Å². The van der Waals surface area contributed by atoms with Gasteiger partial charge in [0.2, 0.25) is 0 Å². The van der Waals surface area contributed by atoms with Crippen molar-refractivity contribution in [1.82, 2.24) is 0 Å². The number of halogens is 2. The molecule has 0 aromatic heterocycles. The lowest BCUT2D eigenvalue weighted by atomic mass is 10.1. The molecule has 0 radical (unpaired) electrons. The maximum atomic E-state index is 13.2. The largest absolute Gasteiger partial charge is 0.300 e. The topological polar surface area (TPSA) is 17.1 Å². The summed E-state index contributed by atoms with van der Waals surface area (Å²) in [6, 6.07) is 3.09. The minimum absolute atomic E-state index is 0.0272. The standard InChI is InChI=1S/C10H10BrFO/c1-6-3-8(4-7(2)13)10(12)5-9(6)11/h3,5H,4H2,1-2H3. The van der Waals surface area contributed by atoms with Crippen LogP contribution in [0.4, 0.5) is 4.39 Å². The summed E-state index contributed by atoms with van der Waals surface area (Å²) in [5.41, 5.74) is 1.41. The molecular formula is C10H10BrFO. The second kappa shape index (κ2) is 4.01. The number of hydrogen-bond acceptors (Lipinski definition) is 1. The van der Waals surface area contributed by atoms with E-state index in [1.807, 2.05) is 6.92 Å². The van der Waals surface area contributed by atoms with Crippen molar-refractivity contribution in [1.29, 1.82) is 0 Å². The van der Waals surface area contributed by atoms with Crippen molar-refractivity contribution in [2.24, 2.45) is 0 Å². The van der Waals surface area contributed by atoms with Gasteiger partial charge in [-0.3, -0.25) is 4.79 Å². The van der Waals surface area contributed by atoms with Gasteiger partial charge in [0.1, 0.15) is 11.6 Å². The van der Waals surface area contributed by atoms with Crippen LogP contribution in [-0.2, 0) is 11.2 Å². The molecule has 1 aromatic rings. The van der Waals surface area contributed by atoms with E-state index in [2.05, 4.69) is 15.9 Å². The number of aryl methyl sites for hydroxylation is 1. The molecule has 1 nitrogen and oxygen atoms in total. The second-order valence-corrected chi connectivity index (χ2v) is 3.93. The zero-order valence-electron chi connectivity index (χ0n) is 7.53. The molecule has 0 unspecified atom stereocenters. The molecule has 0 amide bonds. The van der Waals surface area contributed by atoms with Gasteiger partial charge in [0.15, 0.2) is 0 Å². The van der Waals surface area contributed by atoms with E-state index in [0.717, 1.165) is 10.0 Å². The molecule has 0 saturated carbocycles. The van der Waals surface area contributed by atoms with Crippen molar-refractivity contribution in [3.8, 4) is 0 Å². The van der Waals surface area contributed by atoms with Crippen LogP contribution in [0.2, 0.25) is 0 Å². The average molecular weight is 245 g/mol. The zero-order chi connectivity index (χ0) is 10.0. The summed E-state index contributed by atoms with van der Waals surface area (Å²) in [6.07, 6.45) is 0.167. The molecule has 0 N–H and O–H groups in total. The number of hydrogen-bond donors (Lipinski definition) is 0. The van der Waals surface area contributed by atoms with Crippen LogP contribution in [0.3, 0.4) is 0 Å². The number of carbonyl (C=O) groups is 1. The molecule has 0 aliphatic carbocycles. The molecule has 0 spiro atoms. The molecule has 0 heterocycles. The van der Waals surface area contributed by atoms with Crippen molar-refractivity contribution in [2.75, 3.05) is 0 Å². The fourth-order valence-electron chi connectivity index (χ4n) is 1.12.